The number of sulfonamides is 1. The number of hydrogen-bond donors (Lipinski definition) is 1. The summed E-state index contributed by atoms with van der Waals surface area (Å²) in [5.41, 5.74) is 0.752. The largest absolute Gasteiger partial charge is 0.858 e. The van der Waals surface area contributed by atoms with Gasteiger partial charge < -0.3 is 14.6 Å². The summed E-state index contributed by atoms with van der Waals surface area (Å²) in [5, 5.41) is 12.4. The highest BCUT2D eigenvalue weighted by Crippen LogP contribution is 2.33. The van der Waals surface area contributed by atoms with Crippen molar-refractivity contribution >= 4 is 27.3 Å². The fraction of sp³-hybridized carbons (Fsp3) is 0.188. The van der Waals surface area contributed by atoms with Gasteiger partial charge in [-0.05, 0) is 24.1 Å². The van der Waals surface area contributed by atoms with Crippen LogP contribution < -0.4 is 19.3 Å². The van der Waals surface area contributed by atoms with Gasteiger partial charge in [-0.3, -0.25) is 9.71 Å². The number of para-hydroxylation sites is 1. The molecule has 2 aromatic rings. The van der Waals surface area contributed by atoms with Crippen LogP contribution in [0.5, 0.6) is 11.5 Å². The summed E-state index contributed by atoms with van der Waals surface area (Å²) in [6.07, 6.45) is 1.02. The molecule has 8 heteroatoms. The lowest BCUT2D eigenvalue weighted by molar-refractivity contribution is -0.212. The average Bonchev–Trinajstić information content (AvgIpc) is 2.53. The molecule has 1 N–H and O–H groups in total. The van der Waals surface area contributed by atoms with E-state index in [2.05, 4.69) is 9.71 Å². The molecule has 0 fully saturated rings. The van der Waals surface area contributed by atoms with E-state index >= 15 is 0 Å². The Balaban J connectivity index is 1.94. The van der Waals surface area contributed by atoms with Crippen molar-refractivity contribution in [2.24, 2.45) is 4.99 Å². The Morgan fingerprint density at radius 2 is 1.83 bits per heavy atom. The van der Waals surface area contributed by atoms with E-state index in [1.807, 2.05) is 0 Å². The maximum atomic E-state index is 12.4. The summed E-state index contributed by atoms with van der Waals surface area (Å²) < 4.78 is 36.0. The van der Waals surface area contributed by atoms with Crippen molar-refractivity contribution in [3.8, 4) is 11.5 Å². The van der Waals surface area contributed by atoms with E-state index in [9.17, 15) is 13.5 Å². The van der Waals surface area contributed by atoms with Gasteiger partial charge in [0, 0.05) is 11.6 Å². The van der Waals surface area contributed by atoms with Crippen LogP contribution in [-0.2, 0) is 10.0 Å². The van der Waals surface area contributed by atoms with Crippen LogP contribution in [0.4, 0.5) is 11.4 Å². The number of hydrogen-bond acceptors (Lipinski definition) is 6. The van der Waals surface area contributed by atoms with Gasteiger partial charge in [-0.2, -0.15) is 0 Å². The Morgan fingerprint density at radius 3 is 2.58 bits per heavy atom. The molecule has 1 heterocycles. The van der Waals surface area contributed by atoms with Gasteiger partial charge in [0.25, 0.3) is 0 Å². The summed E-state index contributed by atoms with van der Waals surface area (Å²) in [5.74, 6) is 0.572. The second kappa shape index (κ2) is 6.40. The van der Waals surface area contributed by atoms with Gasteiger partial charge in [0.1, 0.15) is 13.2 Å². The molecule has 24 heavy (non-hydrogen) atoms. The summed E-state index contributed by atoms with van der Waals surface area (Å²) in [6, 6.07) is 11.2. The summed E-state index contributed by atoms with van der Waals surface area (Å²) in [6.45, 7) is 0.915. The van der Waals surface area contributed by atoms with Gasteiger partial charge in [0.15, 0.2) is 11.5 Å². The number of ether oxygens (including phenoxy) is 2. The first-order valence-electron chi connectivity index (χ1n) is 7.15. The number of anilines is 1. The van der Waals surface area contributed by atoms with Crippen molar-refractivity contribution in [2.75, 3.05) is 24.2 Å². The average molecular weight is 347 g/mol. The third-order valence-corrected chi connectivity index (χ3v) is 3.80. The Hall–Kier alpha value is -2.74. The molecule has 126 valence electrons. The number of aliphatic imine (C=N–C) groups is 1. The predicted octanol–water partition coefficient (Wildman–Crippen LogP) is 1.27. The minimum absolute atomic E-state index is 0.165. The van der Waals surface area contributed by atoms with Gasteiger partial charge in [-0.15, -0.1) is 0 Å². The zero-order chi connectivity index (χ0) is 17.2. The van der Waals surface area contributed by atoms with E-state index in [0.717, 1.165) is 6.26 Å². The standard InChI is InChI=1S/C16H16N2O5S/c1-24(20,21)18-13-5-3-2-4-12(13)16(19)17-11-6-7-14-15(10-11)23-9-8-22-14/h2-7,10,18H,8-9H2,1H3,(H,17,19)/p-1. The predicted molar refractivity (Wildman–Crippen MR) is 88.5 cm³/mol. The van der Waals surface area contributed by atoms with E-state index in [-0.39, 0.29) is 11.3 Å². The Labute approximate surface area is 139 Å². The van der Waals surface area contributed by atoms with E-state index in [1.165, 1.54) is 12.1 Å². The SMILES string of the molecule is CS(=O)(=O)Nc1ccccc1C([O-])=Nc1ccc2c(c1)OCCO2. The van der Waals surface area contributed by atoms with Gasteiger partial charge in [0.2, 0.25) is 10.0 Å². The highest BCUT2D eigenvalue weighted by Gasteiger charge is 2.12. The molecular formula is C16H15N2O5S-. The smallest absolute Gasteiger partial charge is 0.229 e. The van der Waals surface area contributed by atoms with Crippen LogP contribution in [0.2, 0.25) is 0 Å². The van der Waals surface area contributed by atoms with Crippen molar-refractivity contribution in [2.45, 2.75) is 0 Å². The number of nitrogens with zero attached hydrogens (tertiary/aromatic N) is 1. The van der Waals surface area contributed by atoms with Gasteiger partial charge >= 0.3 is 0 Å². The van der Waals surface area contributed by atoms with Gasteiger partial charge in [-0.1, -0.05) is 18.2 Å². The molecule has 0 radical (unpaired) electrons. The van der Waals surface area contributed by atoms with E-state index in [0.29, 0.717) is 30.4 Å². The van der Waals surface area contributed by atoms with Gasteiger partial charge in [-0.25, -0.2) is 8.42 Å². The molecule has 0 amide bonds. The number of fused-ring (bicyclic) bond motifs is 1. The molecule has 2 aromatic carbocycles. The highest BCUT2D eigenvalue weighted by molar-refractivity contribution is 7.92. The topological polar surface area (TPSA) is 100 Å². The van der Waals surface area contributed by atoms with Crippen LogP contribution in [0.1, 0.15) is 5.56 Å². The minimum atomic E-state index is -3.50. The fourth-order valence-electron chi connectivity index (χ4n) is 2.24. The first-order valence-corrected chi connectivity index (χ1v) is 9.04. The zero-order valence-electron chi connectivity index (χ0n) is 12.9. The molecule has 0 aromatic heterocycles. The number of benzene rings is 2. The lowest BCUT2D eigenvalue weighted by Crippen LogP contribution is -2.21. The van der Waals surface area contributed by atoms with E-state index in [1.54, 1.807) is 30.3 Å². The Kier molecular flexibility index (Phi) is 4.30. The summed E-state index contributed by atoms with van der Waals surface area (Å²) in [4.78, 5) is 4.02. The van der Waals surface area contributed by atoms with Crippen LogP contribution in [0.15, 0.2) is 47.5 Å². The maximum absolute atomic E-state index is 12.4. The van der Waals surface area contributed by atoms with Crippen LogP contribution >= 0.6 is 0 Å². The lowest BCUT2D eigenvalue weighted by Gasteiger charge is -2.19. The lowest BCUT2D eigenvalue weighted by atomic mass is 10.2. The molecule has 0 aliphatic carbocycles. The first-order chi connectivity index (χ1) is 11.4. The molecule has 0 unspecified atom stereocenters. The number of rotatable bonds is 4. The first kappa shape index (κ1) is 16.1. The Morgan fingerprint density at radius 1 is 1.12 bits per heavy atom. The monoisotopic (exact) mass is 347 g/mol. The van der Waals surface area contributed by atoms with Crippen molar-refractivity contribution < 1.29 is 23.0 Å². The minimum Gasteiger partial charge on any atom is -0.858 e. The molecule has 1 aliphatic heterocycles. The van der Waals surface area contributed by atoms with E-state index < -0.39 is 15.9 Å². The third kappa shape index (κ3) is 3.77. The molecule has 0 atom stereocenters. The zero-order valence-corrected chi connectivity index (χ0v) is 13.7. The normalized spacial score (nSPS) is 14.3. The molecular weight excluding hydrogens is 332 g/mol. The maximum Gasteiger partial charge on any atom is 0.229 e. The van der Waals surface area contributed by atoms with Crippen molar-refractivity contribution in [3.05, 3.63) is 48.0 Å². The quantitative estimate of drug-likeness (QED) is 0.663. The summed E-state index contributed by atoms with van der Waals surface area (Å²) >= 11 is 0. The molecule has 0 saturated heterocycles. The van der Waals surface area contributed by atoms with Crippen molar-refractivity contribution in [1.82, 2.24) is 0 Å². The molecule has 1 aliphatic rings. The van der Waals surface area contributed by atoms with Crippen LogP contribution in [0.3, 0.4) is 0 Å². The van der Waals surface area contributed by atoms with E-state index in [4.69, 9.17) is 9.47 Å². The van der Waals surface area contributed by atoms with Gasteiger partial charge in [0.05, 0.1) is 17.6 Å². The summed E-state index contributed by atoms with van der Waals surface area (Å²) in [7, 11) is -3.50. The second-order valence-electron chi connectivity index (χ2n) is 5.16. The molecule has 0 saturated carbocycles. The third-order valence-electron chi connectivity index (χ3n) is 3.21. The molecule has 3 rings (SSSR count). The van der Waals surface area contributed by atoms with Crippen LogP contribution in [0, 0.1) is 0 Å². The Bertz CT molecular complexity index is 893. The highest BCUT2D eigenvalue weighted by atomic mass is 32.2. The molecule has 0 spiro atoms. The van der Waals surface area contributed by atoms with Crippen LogP contribution in [-0.4, -0.2) is 33.8 Å². The van der Waals surface area contributed by atoms with Crippen molar-refractivity contribution in [3.63, 3.8) is 0 Å². The molecule has 7 nitrogen and oxygen atoms in total. The number of nitrogens with one attached hydrogen (secondary N) is 1. The second-order valence-corrected chi connectivity index (χ2v) is 6.91. The fourth-order valence-corrected chi connectivity index (χ4v) is 2.81. The van der Waals surface area contributed by atoms with Crippen LogP contribution in [0.25, 0.3) is 0 Å². The van der Waals surface area contributed by atoms with Crippen molar-refractivity contribution in [1.29, 1.82) is 0 Å². The molecule has 0 bridgehead atoms.